The van der Waals surface area contributed by atoms with Crippen LogP contribution in [0.3, 0.4) is 0 Å². The summed E-state index contributed by atoms with van der Waals surface area (Å²) in [6.07, 6.45) is 0. The van der Waals surface area contributed by atoms with E-state index < -0.39 is 0 Å². The molecule has 1 aliphatic rings. The predicted octanol–water partition coefficient (Wildman–Crippen LogP) is 3.64. The van der Waals surface area contributed by atoms with E-state index in [2.05, 4.69) is 57.5 Å². The van der Waals surface area contributed by atoms with E-state index in [0.717, 1.165) is 48.6 Å². The van der Waals surface area contributed by atoms with Crippen LogP contribution in [0.25, 0.3) is 0 Å². The molecule has 5 nitrogen and oxygen atoms in total. The van der Waals surface area contributed by atoms with E-state index >= 15 is 0 Å². The molecule has 0 spiro atoms. The summed E-state index contributed by atoms with van der Waals surface area (Å²) in [5, 5.41) is 9.99. The highest BCUT2D eigenvalue weighted by molar-refractivity contribution is 14.1. The topological polar surface area (TPSA) is 45.2 Å². The maximum atomic E-state index is 9.99. The molecule has 0 aliphatic carbocycles. The molecule has 1 fully saturated rings. The molecular weight excluding hydrogens is 455 g/mol. The smallest absolute Gasteiger partial charge is 0.171 e. The van der Waals surface area contributed by atoms with Crippen LogP contribution in [0.15, 0.2) is 30.3 Å². The van der Waals surface area contributed by atoms with Crippen molar-refractivity contribution < 1.29 is 14.6 Å². The lowest BCUT2D eigenvalue weighted by Gasteiger charge is -2.35. The van der Waals surface area contributed by atoms with Crippen molar-refractivity contribution in [2.75, 3.05) is 40.4 Å². The standard InChI is InChI=1S/C21H27IN2O3/c1-15-10-16(4-5-19(15)26-2)13-23-6-8-24(9-7-23)14-17-11-18(22)21(25)20(12-17)27-3/h4-5,10-12,25H,6-9,13-14H2,1-3H3. The third-order valence-corrected chi connectivity index (χ3v) is 5.87. The summed E-state index contributed by atoms with van der Waals surface area (Å²) in [6, 6.07) is 10.4. The largest absolute Gasteiger partial charge is 0.504 e. The fraction of sp³-hybridized carbons (Fsp3) is 0.429. The molecular formula is C21H27IN2O3. The lowest BCUT2D eigenvalue weighted by Crippen LogP contribution is -2.45. The molecule has 0 bridgehead atoms. The number of aromatic hydroxyl groups is 1. The third-order valence-electron chi connectivity index (χ3n) is 5.04. The van der Waals surface area contributed by atoms with Crippen LogP contribution in [0.4, 0.5) is 0 Å². The van der Waals surface area contributed by atoms with Gasteiger partial charge in [0.05, 0.1) is 17.8 Å². The minimum absolute atomic E-state index is 0.224. The summed E-state index contributed by atoms with van der Waals surface area (Å²) >= 11 is 2.15. The van der Waals surface area contributed by atoms with Crippen molar-refractivity contribution in [3.8, 4) is 17.2 Å². The van der Waals surface area contributed by atoms with Gasteiger partial charge in [-0.2, -0.15) is 0 Å². The molecule has 0 saturated carbocycles. The second kappa shape index (κ2) is 9.12. The van der Waals surface area contributed by atoms with Crippen LogP contribution in [-0.4, -0.2) is 55.3 Å². The Hall–Kier alpha value is -1.51. The number of halogens is 1. The summed E-state index contributed by atoms with van der Waals surface area (Å²) in [6.45, 7) is 8.12. The number of hydrogen-bond donors (Lipinski definition) is 1. The molecule has 27 heavy (non-hydrogen) atoms. The van der Waals surface area contributed by atoms with E-state index in [9.17, 15) is 5.11 Å². The Morgan fingerprint density at radius 2 is 1.48 bits per heavy atom. The zero-order chi connectivity index (χ0) is 19.4. The quantitative estimate of drug-likeness (QED) is 0.638. The number of ether oxygens (including phenoxy) is 2. The second-order valence-corrected chi connectivity index (χ2v) is 8.15. The average Bonchev–Trinajstić information content (AvgIpc) is 2.66. The van der Waals surface area contributed by atoms with Gasteiger partial charge in [-0.05, 0) is 64.4 Å². The van der Waals surface area contributed by atoms with Gasteiger partial charge < -0.3 is 14.6 Å². The van der Waals surface area contributed by atoms with Crippen molar-refractivity contribution in [3.05, 3.63) is 50.6 Å². The molecule has 1 aliphatic heterocycles. The highest BCUT2D eigenvalue weighted by atomic mass is 127. The minimum Gasteiger partial charge on any atom is -0.504 e. The van der Waals surface area contributed by atoms with E-state index in [1.54, 1.807) is 14.2 Å². The van der Waals surface area contributed by atoms with Gasteiger partial charge in [-0.3, -0.25) is 9.80 Å². The Bertz CT molecular complexity index is 789. The summed E-state index contributed by atoms with van der Waals surface area (Å²) < 4.78 is 11.5. The van der Waals surface area contributed by atoms with Gasteiger partial charge in [0, 0.05) is 39.3 Å². The lowest BCUT2D eigenvalue weighted by molar-refractivity contribution is 0.122. The number of rotatable bonds is 6. The monoisotopic (exact) mass is 482 g/mol. The van der Waals surface area contributed by atoms with Crippen LogP contribution in [-0.2, 0) is 13.1 Å². The van der Waals surface area contributed by atoms with Gasteiger partial charge in [-0.25, -0.2) is 0 Å². The average molecular weight is 482 g/mol. The number of aryl methyl sites for hydroxylation is 1. The second-order valence-electron chi connectivity index (χ2n) is 6.98. The van der Waals surface area contributed by atoms with Gasteiger partial charge in [0.2, 0.25) is 0 Å². The van der Waals surface area contributed by atoms with Gasteiger partial charge in [0.1, 0.15) is 5.75 Å². The number of hydrogen-bond acceptors (Lipinski definition) is 5. The van der Waals surface area contributed by atoms with Crippen molar-refractivity contribution in [2.24, 2.45) is 0 Å². The molecule has 0 aromatic heterocycles. The number of nitrogens with zero attached hydrogens (tertiary/aromatic N) is 2. The fourth-order valence-electron chi connectivity index (χ4n) is 3.53. The Morgan fingerprint density at radius 1 is 0.889 bits per heavy atom. The van der Waals surface area contributed by atoms with E-state index in [0.29, 0.717) is 5.75 Å². The van der Waals surface area contributed by atoms with Crippen LogP contribution in [0.2, 0.25) is 0 Å². The van der Waals surface area contributed by atoms with Crippen molar-refractivity contribution in [2.45, 2.75) is 20.0 Å². The number of phenolic OH excluding ortho intramolecular Hbond substituents is 1. The Kier molecular flexibility index (Phi) is 6.83. The first-order valence-electron chi connectivity index (χ1n) is 9.13. The van der Waals surface area contributed by atoms with Gasteiger partial charge in [0.25, 0.3) is 0 Å². The van der Waals surface area contributed by atoms with Crippen LogP contribution in [0, 0.1) is 10.5 Å². The lowest BCUT2D eigenvalue weighted by atomic mass is 10.1. The molecule has 1 saturated heterocycles. The van der Waals surface area contributed by atoms with Crippen molar-refractivity contribution in [1.29, 1.82) is 0 Å². The molecule has 146 valence electrons. The first-order chi connectivity index (χ1) is 13.0. The molecule has 1 heterocycles. The summed E-state index contributed by atoms with van der Waals surface area (Å²) in [5.74, 6) is 1.72. The summed E-state index contributed by atoms with van der Waals surface area (Å²) in [4.78, 5) is 4.95. The van der Waals surface area contributed by atoms with E-state index in [4.69, 9.17) is 9.47 Å². The molecule has 0 amide bonds. The normalized spacial score (nSPS) is 15.7. The van der Waals surface area contributed by atoms with Gasteiger partial charge in [-0.1, -0.05) is 12.1 Å². The van der Waals surface area contributed by atoms with Gasteiger partial charge >= 0.3 is 0 Å². The Morgan fingerprint density at radius 3 is 2.04 bits per heavy atom. The molecule has 0 radical (unpaired) electrons. The number of benzene rings is 2. The van der Waals surface area contributed by atoms with E-state index in [-0.39, 0.29) is 5.75 Å². The van der Waals surface area contributed by atoms with Crippen molar-refractivity contribution >= 4 is 22.6 Å². The van der Waals surface area contributed by atoms with E-state index in [1.165, 1.54) is 16.7 Å². The van der Waals surface area contributed by atoms with Crippen molar-refractivity contribution in [3.63, 3.8) is 0 Å². The molecule has 2 aromatic carbocycles. The third kappa shape index (κ3) is 5.06. The molecule has 0 atom stereocenters. The summed E-state index contributed by atoms with van der Waals surface area (Å²) in [5.41, 5.74) is 3.69. The SMILES string of the molecule is COc1ccc(CN2CCN(Cc3cc(I)c(O)c(OC)c3)CC2)cc1C. The molecule has 2 aromatic rings. The highest BCUT2D eigenvalue weighted by Gasteiger charge is 2.18. The number of phenols is 1. The van der Waals surface area contributed by atoms with Gasteiger partial charge in [-0.15, -0.1) is 0 Å². The maximum Gasteiger partial charge on any atom is 0.171 e. The predicted molar refractivity (Wildman–Crippen MR) is 116 cm³/mol. The summed E-state index contributed by atoms with van der Waals surface area (Å²) in [7, 11) is 3.31. The Balaban J connectivity index is 1.55. The van der Waals surface area contributed by atoms with Crippen LogP contribution < -0.4 is 9.47 Å². The van der Waals surface area contributed by atoms with Crippen LogP contribution in [0.1, 0.15) is 16.7 Å². The van der Waals surface area contributed by atoms with E-state index in [1.807, 2.05) is 12.1 Å². The fourth-order valence-corrected chi connectivity index (χ4v) is 4.20. The highest BCUT2D eigenvalue weighted by Crippen LogP contribution is 2.32. The first-order valence-corrected chi connectivity index (χ1v) is 10.2. The molecule has 6 heteroatoms. The minimum atomic E-state index is 0.224. The van der Waals surface area contributed by atoms with Crippen LogP contribution >= 0.6 is 22.6 Å². The van der Waals surface area contributed by atoms with Crippen molar-refractivity contribution in [1.82, 2.24) is 9.80 Å². The van der Waals surface area contributed by atoms with Crippen LogP contribution in [0.5, 0.6) is 17.2 Å². The number of piperazine rings is 1. The van der Waals surface area contributed by atoms with Gasteiger partial charge in [0.15, 0.2) is 11.5 Å². The molecule has 1 N–H and O–H groups in total. The molecule has 3 rings (SSSR count). The Labute approximate surface area is 175 Å². The number of methoxy groups -OCH3 is 2. The zero-order valence-electron chi connectivity index (χ0n) is 16.2. The first kappa shape index (κ1) is 20.2. The zero-order valence-corrected chi connectivity index (χ0v) is 18.3. The maximum absolute atomic E-state index is 9.99. The molecule has 0 unspecified atom stereocenters.